The number of amides is 1. The molecule has 3 aromatic rings. The van der Waals surface area contributed by atoms with Gasteiger partial charge >= 0.3 is 0 Å². The molecule has 146 valence electrons. The first kappa shape index (κ1) is 19.8. The van der Waals surface area contributed by atoms with E-state index in [4.69, 9.17) is 4.74 Å². The molecule has 0 atom stereocenters. The molecule has 0 radical (unpaired) electrons. The minimum atomic E-state index is -0.585. The molecule has 0 spiro atoms. The van der Waals surface area contributed by atoms with Crippen molar-refractivity contribution >= 4 is 33.1 Å². The Morgan fingerprint density at radius 2 is 2.14 bits per heavy atom. The van der Waals surface area contributed by atoms with Crippen LogP contribution in [0.4, 0.5) is 10.1 Å². The Morgan fingerprint density at radius 3 is 2.86 bits per heavy atom. The predicted molar refractivity (Wildman–Crippen MR) is 104 cm³/mol. The number of hydrogen-bond acceptors (Lipinski definition) is 5. The van der Waals surface area contributed by atoms with Crippen LogP contribution in [0.15, 0.2) is 41.4 Å². The van der Waals surface area contributed by atoms with E-state index >= 15 is 0 Å². The van der Waals surface area contributed by atoms with Crippen LogP contribution in [0, 0.1) is 22.9 Å². The van der Waals surface area contributed by atoms with Crippen molar-refractivity contribution < 1.29 is 18.8 Å². The number of nitro benzene ring substituents is 1. The minimum Gasteiger partial charge on any atom is -0.380 e. The highest BCUT2D eigenvalue weighted by atomic mass is 32.1. The Balaban J connectivity index is 2.10. The summed E-state index contributed by atoms with van der Waals surface area (Å²) in [5, 5.41) is 11.1. The van der Waals surface area contributed by atoms with E-state index in [2.05, 4.69) is 4.99 Å². The minimum absolute atomic E-state index is 0.135. The van der Waals surface area contributed by atoms with Crippen molar-refractivity contribution in [2.75, 3.05) is 13.2 Å². The molecule has 0 fully saturated rings. The lowest BCUT2D eigenvalue weighted by molar-refractivity contribution is -0.385. The summed E-state index contributed by atoms with van der Waals surface area (Å²) < 4.78 is 21.4. The van der Waals surface area contributed by atoms with Gasteiger partial charge in [0.2, 0.25) is 0 Å². The maximum atomic E-state index is 13.6. The number of carbonyl (C=O) groups is 1. The Labute approximate surface area is 163 Å². The van der Waals surface area contributed by atoms with E-state index in [0.717, 1.165) is 5.52 Å². The number of thiazole rings is 1. The number of aromatic nitrogens is 1. The first-order valence-electron chi connectivity index (χ1n) is 8.62. The van der Waals surface area contributed by atoms with Crippen molar-refractivity contribution in [2.24, 2.45) is 4.99 Å². The van der Waals surface area contributed by atoms with Crippen LogP contribution in [0.3, 0.4) is 0 Å². The highest BCUT2D eigenvalue weighted by Crippen LogP contribution is 2.22. The van der Waals surface area contributed by atoms with Crippen LogP contribution in [-0.2, 0) is 11.3 Å². The van der Waals surface area contributed by atoms with Crippen LogP contribution < -0.4 is 4.80 Å². The summed E-state index contributed by atoms with van der Waals surface area (Å²) in [4.78, 5) is 27.9. The van der Waals surface area contributed by atoms with Crippen LogP contribution in [0.2, 0.25) is 0 Å². The average Bonchev–Trinajstić information content (AvgIpc) is 2.98. The maximum absolute atomic E-state index is 13.6. The fourth-order valence-electron chi connectivity index (χ4n) is 2.85. The lowest BCUT2D eigenvalue weighted by Crippen LogP contribution is -2.20. The third-order valence-electron chi connectivity index (χ3n) is 4.24. The monoisotopic (exact) mass is 403 g/mol. The number of rotatable bonds is 6. The van der Waals surface area contributed by atoms with Crippen LogP contribution in [-0.4, -0.2) is 28.6 Å². The maximum Gasteiger partial charge on any atom is 0.280 e. The number of hydrogen-bond donors (Lipinski definition) is 0. The molecule has 2 aromatic carbocycles. The number of nitro groups is 1. The second-order valence-electron chi connectivity index (χ2n) is 5.97. The van der Waals surface area contributed by atoms with Crippen molar-refractivity contribution in [3.63, 3.8) is 0 Å². The predicted octanol–water partition coefficient (Wildman–Crippen LogP) is 3.84. The first-order valence-corrected chi connectivity index (χ1v) is 9.43. The van der Waals surface area contributed by atoms with Gasteiger partial charge < -0.3 is 9.30 Å². The lowest BCUT2D eigenvalue weighted by atomic mass is 10.1. The van der Waals surface area contributed by atoms with Crippen LogP contribution in [0.1, 0.15) is 22.8 Å². The fraction of sp³-hybridized carbons (Fsp3) is 0.263. The standard InChI is InChI=1S/C19H18FN3O4S/c1-3-27-10-9-22-16-8-7-13(20)11-17(16)28-19(22)21-18(24)14-5-4-6-15(12(14)2)23(25)26/h4-8,11H,3,9-10H2,1-2H3. The van der Waals surface area contributed by atoms with E-state index in [-0.39, 0.29) is 22.6 Å². The van der Waals surface area contributed by atoms with Gasteiger partial charge in [-0.25, -0.2) is 4.39 Å². The highest BCUT2D eigenvalue weighted by molar-refractivity contribution is 7.16. The molecule has 0 unspecified atom stereocenters. The zero-order valence-electron chi connectivity index (χ0n) is 15.3. The third kappa shape index (κ3) is 4.00. The summed E-state index contributed by atoms with van der Waals surface area (Å²) in [6.07, 6.45) is 0. The summed E-state index contributed by atoms with van der Waals surface area (Å²) in [5.41, 5.74) is 1.03. The molecular weight excluding hydrogens is 385 g/mol. The van der Waals surface area contributed by atoms with Crippen molar-refractivity contribution in [2.45, 2.75) is 20.4 Å². The van der Waals surface area contributed by atoms with E-state index in [9.17, 15) is 19.3 Å². The van der Waals surface area contributed by atoms with Gasteiger partial charge in [0, 0.05) is 24.8 Å². The molecule has 0 N–H and O–H groups in total. The van der Waals surface area contributed by atoms with Crippen LogP contribution in [0.5, 0.6) is 0 Å². The molecular formula is C19H18FN3O4S. The lowest BCUT2D eigenvalue weighted by Gasteiger charge is -2.06. The van der Waals surface area contributed by atoms with Gasteiger partial charge in [-0.3, -0.25) is 14.9 Å². The number of ether oxygens (including phenoxy) is 1. The van der Waals surface area contributed by atoms with Crippen LogP contribution in [0.25, 0.3) is 10.2 Å². The quantitative estimate of drug-likeness (QED) is 0.355. The zero-order valence-corrected chi connectivity index (χ0v) is 16.2. The molecule has 3 rings (SSSR count). The normalized spacial score (nSPS) is 11.9. The fourth-order valence-corrected chi connectivity index (χ4v) is 3.93. The SMILES string of the molecule is CCOCCn1c(=NC(=O)c2cccc([N+](=O)[O-])c2C)sc2cc(F)ccc21. The van der Waals surface area contributed by atoms with Gasteiger partial charge in [-0.05, 0) is 38.1 Å². The zero-order chi connectivity index (χ0) is 20.3. The number of carbonyl (C=O) groups excluding carboxylic acids is 1. The summed E-state index contributed by atoms with van der Waals surface area (Å²) in [6, 6.07) is 8.68. The number of nitrogens with zero attached hydrogens (tertiary/aromatic N) is 3. The molecule has 0 aliphatic rings. The third-order valence-corrected chi connectivity index (χ3v) is 5.28. The summed E-state index contributed by atoms with van der Waals surface area (Å²) in [7, 11) is 0. The Morgan fingerprint density at radius 1 is 1.36 bits per heavy atom. The van der Waals surface area contributed by atoms with Gasteiger partial charge in [-0.1, -0.05) is 17.4 Å². The van der Waals surface area contributed by atoms with Gasteiger partial charge in [0.15, 0.2) is 4.80 Å². The van der Waals surface area contributed by atoms with E-state index in [1.807, 2.05) is 6.92 Å². The van der Waals surface area contributed by atoms with Crippen molar-refractivity contribution in [3.05, 3.63) is 68.3 Å². The Kier molecular flexibility index (Phi) is 5.96. The molecule has 0 aliphatic carbocycles. The van der Waals surface area contributed by atoms with Crippen molar-refractivity contribution in [3.8, 4) is 0 Å². The second kappa shape index (κ2) is 8.41. The Bertz CT molecular complexity index is 1120. The largest absolute Gasteiger partial charge is 0.380 e. The smallest absolute Gasteiger partial charge is 0.280 e. The van der Waals surface area contributed by atoms with Gasteiger partial charge in [-0.2, -0.15) is 4.99 Å². The number of halogens is 1. The average molecular weight is 403 g/mol. The first-order chi connectivity index (χ1) is 13.4. The topological polar surface area (TPSA) is 86.7 Å². The summed E-state index contributed by atoms with van der Waals surface area (Å²) in [5.74, 6) is -0.962. The van der Waals surface area contributed by atoms with Crippen molar-refractivity contribution in [1.29, 1.82) is 0 Å². The molecule has 0 bridgehead atoms. The van der Waals surface area contributed by atoms with Gasteiger partial charge in [0.05, 0.1) is 27.3 Å². The van der Waals surface area contributed by atoms with E-state index < -0.39 is 10.8 Å². The molecule has 1 aromatic heterocycles. The molecule has 1 amide bonds. The summed E-state index contributed by atoms with van der Waals surface area (Å²) >= 11 is 1.18. The van der Waals surface area contributed by atoms with Gasteiger partial charge in [-0.15, -0.1) is 0 Å². The van der Waals surface area contributed by atoms with Gasteiger partial charge in [0.25, 0.3) is 11.6 Å². The molecule has 0 saturated heterocycles. The molecule has 28 heavy (non-hydrogen) atoms. The van der Waals surface area contributed by atoms with E-state index in [1.54, 1.807) is 10.6 Å². The van der Waals surface area contributed by atoms with Crippen molar-refractivity contribution in [1.82, 2.24) is 4.57 Å². The molecule has 0 saturated carbocycles. The van der Waals surface area contributed by atoms with Crippen LogP contribution >= 0.6 is 11.3 Å². The second-order valence-corrected chi connectivity index (χ2v) is 6.98. The Hall–Kier alpha value is -2.91. The van der Waals surface area contributed by atoms with E-state index in [0.29, 0.717) is 29.3 Å². The molecule has 9 heteroatoms. The molecule has 0 aliphatic heterocycles. The molecule has 7 nitrogen and oxygen atoms in total. The molecule has 1 heterocycles. The van der Waals surface area contributed by atoms with E-state index in [1.165, 1.54) is 48.6 Å². The highest BCUT2D eigenvalue weighted by Gasteiger charge is 2.18. The number of benzene rings is 2. The van der Waals surface area contributed by atoms with Gasteiger partial charge in [0.1, 0.15) is 5.82 Å². The number of fused-ring (bicyclic) bond motifs is 1. The summed E-state index contributed by atoms with van der Waals surface area (Å²) in [6.45, 7) is 4.81.